The van der Waals surface area contributed by atoms with Crippen molar-refractivity contribution in [3.63, 3.8) is 0 Å². The quantitative estimate of drug-likeness (QED) is 0.480. The van der Waals surface area contributed by atoms with Crippen molar-refractivity contribution in [3.8, 4) is 5.75 Å². The second-order valence-electron chi connectivity index (χ2n) is 5.66. The third-order valence-electron chi connectivity index (χ3n) is 2.81. The first-order valence-corrected chi connectivity index (χ1v) is 10.4. The van der Waals surface area contributed by atoms with E-state index in [1.54, 1.807) is 0 Å². The van der Waals surface area contributed by atoms with Gasteiger partial charge in [-0.3, -0.25) is 9.11 Å². The highest BCUT2D eigenvalue weighted by Crippen LogP contribution is 2.13. The van der Waals surface area contributed by atoms with Gasteiger partial charge in [0.05, 0.1) is 6.61 Å². The molecule has 2 amide bonds. The Morgan fingerprint density at radius 2 is 1.54 bits per heavy atom. The molecule has 0 radical (unpaired) electrons. The molecule has 0 aliphatic rings. The molecule has 0 saturated heterocycles. The van der Waals surface area contributed by atoms with Crippen molar-refractivity contribution in [1.82, 2.24) is 5.32 Å². The highest BCUT2D eigenvalue weighted by molar-refractivity contribution is 8.03. The van der Waals surface area contributed by atoms with Crippen molar-refractivity contribution in [2.24, 2.45) is 11.7 Å². The van der Waals surface area contributed by atoms with Crippen LogP contribution in [0.15, 0.2) is 24.3 Å². The smallest absolute Gasteiger partial charge is 0.312 e. The molecule has 1 aromatic rings. The van der Waals surface area contributed by atoms with Gasteiger partial charge in [0, 0.05) is 6.54 Å². The summed E-state index contributed by atoms with van der Waals surface area (Å²) in [5.74, 6) is 1.35. The molecule has 0 aromatic heterocycles. The number of primary amides is 1. The van der Waals surface area contributed by atoms with Crippen LogP contribution in [0, 0.1) is 5.92 Å². The topological polar surface area (TPSA) is 173 Å². The van der Waals surface area contributed by atoms with Gasteiger partial charge in [0.2, 0.25) is 4.58 Å². The largest absolute Gasteiger partial charge is 0.493 e. The molecule has 0 heterocycles. The van der Waals surface area contributed by atoms with E-state index >= 15 is 0 Å². The maximum atomic E-state index is 10.5. The van der Waals surface area contributed by atoms with E-state index in [9.17, 15) is 21.6 Å². The third-order valence-corrected chi connectivity index (χ3v) is 5.95. The minimum atomic E-state index is -4.70. The normalized spacial score (nSPS) is 11.7. The first kappa shape index (κ1) is 24.1. The molecule has 0 bridgehead atoms. The number of benzene rings is 1. The molecule has 0 fully saturated rings. The minimum Gasteiger partial charge on any atom is -0.493 e. The van der Waals surface area contributed by atoms with Crippen LogP contribution in [0.3, 0.4) is 0 Å². The Morgan fingerprint density at radius 3 is 1.85 bits per heavy atom. The van der Waals surface area contributed by atoms with Gasteiger partial charge in [0.1, 0.15) is 5.75 Å². The third kappa shape index (κ3) is 10.9. The molecule has 0 spiro atoms. The van der Waals surface area contributed by atoms with Crippen molar-refractivity contribution in [3.05, 3.63) is 29.8 Å². The van der Waals surface area contributed by atoms with Gasteiger partial charge >= 0.3 is 6.03 Å². The summed E-state index contributed by atoms with van der Waals surface area (Å²) in [5, 5.41) is 2.53. The molecule has 1 rings (SSSR count). The van der Waals surface area contributed by atoms with E-state index in [0.29, 0.717) is 26.0 Å². The van der Waals surface area contributed by atoms with E-state index in [2.05, 4.69) is 19.2 Å². The fourth-order valence-electron chi connectivity index (χ4n) is 1.31. The van der Waals surface area contributed by atoms with Crippen LogP contribution < -0.4 is 15.8 Å². The van der Waals surface area contributed by atoms with Gasteiger partial charge in [-0.1, -0.05) is 26.0 Å². The lowest BCUT2D eigenvalue weighted by Gasteiger charge is -2.09. The van der Waals surface area contributed by atoms with Crippen LogP contribution in [0.4, 0.5) is 4.79 Å². The number of carbonyl (C=O) groups is 1. The van der Waals surface area contributed by atoms with E-state index in [1.165, 1.54) is 0 Å². The van der Waals surface area contributed by atoms with Crippen molar-refractivity contribution in [2.45, 2.75) is 31.9 Å². The first-order valence-electron chi connectivity index (χ1n) is 7.41. The highest BCUT2D eigenvalue weighted by atomic mass is 32.3. The predicted molar refractivity (Wildman–Crippen MR) is 95.8 cm³/mol. The van der Waals surface area contributed by atoms with Crippen molar-refractivity contribution in [1.29, 1.82) is 0 Å². The second-order valence-corrected chi connectivity index (χ2v) is 9.44. The zero-order chi connectivity index (χ0) is 20.5. The summed E-state index contributed by atoms with van der Waals surface area (Å²) in [6, 6.07) is 7.08. The van der Waals surface area contributed by atoms with Crippen LogP contribution in [0.2, 0.25) is 0 Å². The summed E-state index contributed by atoms with van der Waals surface area (Å²) in [6.07, 6.45) is 0. The number of urea groups is 1. The monoisotopic (exact) mass is 412 g/mol. The zero-order valence-electron chi connectivity index (χ0n) is 14.6. The maximum absolute atomic E-state index is 10.5. The van der Waals surface area contributed by atoms with Crippen molar-refractivity contribution < 1.29 is 35.5 Å². The molecule has 1 aromatic carbocycles. The lowest BCUT2D eigenvalue weighted by atomic mass is 10.2. The number of carbonyl (C=O) groups excluding carboxylic acids is 1. The van der Waals surface area contributed by atoms with Gasteiger partial charge in [-0.15, -0.1) is 0 Å². The fraction of sp³-hybridized carbons (Fsp3) is 0.500. The Balaban J connectivity index is 0.000000541. The van der Waals surface area contributed by atoms with E-state index in [-0.39, 0.29) is 0 Å². The molecule has 0 aliphatic heterocycles. The van der Waals surface area contributed by atoms with Crippen LogP contribution in [0.25, 0.3) is 0 Å². The van der Waals surface area contributed by atoms with Gasteiger partial charge in [0.25, 0.3) is 20.2 Å². The summed E-state index contributed by atoms with van der Waals surface area (Å²) in [7, 11) is -9.40. The van der Waals surface area contributed by atoms with Crippen LogP contribution in [0.5, 0.6) is 5.75 Å². The molecule has 150 valence electrons. The van der Waals surface area contributed by atoms with E-state index < -0.39 is 30.8 Å². The van der Waals surface area contributed by atoms with Crippen molar-refractivity contribution >= 4 is 26.3 Å². The van der Waals surface area contributed by atoms with Crippen LogP contribution in [-0.2, 0) is 26.8 Å². The number of nitrogens with two attached hydrogens (primary N) is 1. The van der Waals surface area contributed by atoms with Crippen LogP contribution >= 0.6 is 0 Å². The molecule has 0 aliphatic carbocycles. The summed E-state index contributed by atoms with van der Waals surface area (Å²) >= 11 is 0. The van der Waals surface area contributed by atoms with Gasteiger partial charge < -0.3 is 15.8 Å². The molecular formula is C14H24N2O8S2. The van der Waals surface area contributed by atoms with Gasteiger partial charge in [0.15, 0.2) is 0 Å². The number of hydrogen-bond acceptors (Lipinski definition) is 6. The zero-order valence-corrected chi connectivity index (χ0v) is 16.2. The fourth-order valence-corrected chi connectivity index (χ4v) is 2.54. The van der Waals surface area contributed by atoms with Gasteiger partial charge in [-0.05, 0) is 30.5 Å². The Hall–Kier alpha value is -1.89. The van der Waals surface area contributed by atoms with Gasteiger partial charge in [-0.25, -0.2) is 4.79 Å². The molecule has 12 heteroatoms. The number of amides is 2. The van der Waals surface area contributed by atoms with E-state index in [0.717, 1.165) is 11.3 Å². The Bertz CT molecular complexity index is 742. The molecule has 0 unspecified atom stereocenters. The molecule has 5 N–H and O–H groups in total. The molecule has 0 saturated carbocycles. The second kappa shape index (κ2) is 10.3. The molecular weight excluding hydrogens is 388 g/mol. The Kier molecular flexibility index (Phi) is 9.56. The predicted octanol–water partition coefficient (Wildman–Crippen LogP) is 0.998. The van der Waals surface area contributed by atoms with E-state index in [4.69, 9.17) is 19.6 Å². The number of rotatable bonds is 7. The number of nitrogens with one attached hydrogen (secondary N) is 1. The summed E-state index contributed by atoms with van der Waals surface area (Å²) in [6.45, 7) is 6.01. The average Bonchev–Trinajstić information content (AvgIpc) is 2.50. The average molecular weight is 412 g/mol. The van der Waals surface area contributed by atoms with Gasteiger partial charge in [-0.2, -0.15) is 16.8 Å². The molecule has 10 nitrogen and oxygen atoms in total. The number of ether oxygens (including phenoxy) is 1. The lowest BCUT2D eigenvalue weighted by Crippen LogP contribution is -2.28. The summed E-state index contributed by atoms with van der Waals surface area (Å²) in [5.41, 5.74) is 5.97. The first-order chi connectivity index (χ1) is 11.7. The van der Waals surface area contributed by atoms with Crippen molar-refractivity contribution in [2.75, 3.05) is 6.61 Å². The lowest BCUT2D eigenvalue weighted by molar-refractivity contribution is 0.248. The number of hydrogen-bond donors (Lipinski definition) is 4. The SMILES string of the molecule is CC(C)COc1ccc(CNC(N)=O)cc1.CC(S(=O)(=O)O)S(=O)(=O)O. The van der Waals surface area contributed by atoms with E-state index in [1.807, 2.05) is 24.3 Å². The standard InChI is InChI=1S/C12H18N2O2.C2H6O6S2/c1-9(2)8-16-11-5-3-10(4-6-11)7-14-12(13)15;1-2(9(3,4)5)10(6,7)8/h3-6,9H,7-8H2,1-2H3,(H3,13,14,15);2H,1H3,(H,3,4,5)(H,6,7,8). The summed E-state index contributed by atoms with van der Waals surface area (Å²) in [4.78, 5) is 10.5. The summed E-state index contributed by atoms with van der Waals surface area (Å²) < 4.78 is 59.4. The minimum absolute atomic E-state index is 0.444. The molecule has 0 atom stereocenters. The van der Waals surface area contributed by atoms with Crippen LogP contribution in [-0.4, -0.2) is 43.2 Å². The maximum Gasteiger partial charge on any atom is 0.312 e. The molecule has 26 heavy (non-hydrogen) atoms. The highest BCUT2D eigenvalue weighted by Gasteiger charge is 2.29. The van der Waals surface area contributed by atoms with Crippen LogP contribution in [0.1, 0.15) is 26.3 Å². The Labute approximate surface area is 153 Å². The Morgan fingerprint density at radius 1 is 1.08 bits per heavy atom.